The normalized spacial score (nSPS) is 30.0. The van der Waals surface area contributed by atoms with Crippen molar-refractivity contribution in [3.8, 4) is 0 Å². The van der Waals surface area contributed by atoms with Gasteiger partial charge < -0.3 is 4.74 Å². The molecule has 1 heterocycles. The van der Waals surface area contributed by atoms with Gasteiger partial charge in [0.1, 0.15) is 0 Å². The number of nitrogens with one attached hydrogen (secondary N) is 1. The van der Waals surface area contributed by atoms with Gasteiger partial charge in [0, 0.05) is 13.2 Å². The molecule has 0 radical (unpaired) electrons. The van der Waals surface area contributed by atoms with Gasteiger partial charge >= 0.3 is 0 Å². The van der Waals surface area contributed by atoms with Crippen LogP contribution in [0, 0.1) is 5.92 Å². The Kier molecular flexibility index (Phi) is 3.58. The van der Waals surface area contributed by atoms with Gasteiger partial charge in [-0.25, -0.2) is 5.48 Å². The summed E-state index contributed by atoms with van der Waals surface area (Å²) in [5.74, 6) is 0.668. The predicted octanol–water partition coefficient (Wildman–Crippen LogP) is 1.49. The molecule has 76 valence electrons. The molecule has 3 nitrogen and oxygen atoms in total. The molecule has 2 aliphatic rings. The first-order chi connectivity index (χ1) is 6.45. The van der Waals surface area contributed by atoms with Gasteiger partial charge in [-0.3, -0.25) is 4.84 Å². The van der Waals surface area contributed by atoms with Crippen LogP contribution >= 0.6 is 0 Å². The van der Waals surface area contributed by atoms with Crippen molar-refractivity contribution in [2.45, 2.75) is 38.2 Å². The molecule has 2 fully saturated rings. The standard InChI is InChI=1S/C10H19NO2/c1-2-4-10(3-1)13-11-7-9-5-6-12-8-9/h9-11H,1-8H2. The Balaban J connectivity index is 1.52. The molecule has 3 heteroatoms. The SMILES string of the molecule is C1CCC(ONCC2CCOC2)C1. The van der Waals surface area contributed by atoms with E-state index in [0.29, 0.717) is 12.0 Å². The van der Waals surface area contributed by atoms with Crippen LogP contribution in [0.1, 0.15) is 32.1 Å². The van der Waals surface area contributed by atoms with Gasteiger partial charge in [-0.05, 0) is 25.2 Å². The van der Waals surface area contributed by atoms with Crippen LogP contribution in [0.15, 0.2) is 0 Å². The topological polar surface area (TPSA) is 30.5 Å². The molecule has 0 spiro atoms. The number of hydrogen-bond acceptors (Lipinski definition) is 3. The second-order valence-corrected chi connectivity index (χ2v) is 4.10. The van der Waals surface area contributed by atoms with Crippen molar-refractivity contribution in [3.63, 3.8) is 0 Å². The molecule has 0 amide bonds. The van der Waals surface area contributed by atoms with Crippen LogP contribution in [0.2, 0.25) is 0 Å². The molecular formula is C10H19NO2. The molecule has 1 unspecified atom stereocenters. The zero-order valence-corrected chi connectivity index (χ0v) is 8.13. The molecule has 0 bridgehead atoms. The quantitative estimate of drug-likeness (QED) is 0.673. The van der Waals surface area contributed by atoms with Gasteiger partial charge in [-0.2, -0.15) is 0 Å². The van der Waals surface area contributed by atoms with E-state index in [-0.39, 0.29) is 0 Å². The Morgan fingerprint density at radius 3 is 2.77 bits per heavy atom. The number of ether oxygens (including phenoxy) is 1. The van der Waals surface area contributed by atoms with Gasteiger partial charge in [-0.1, -0.05) is 12.8 Å². The molecule has 1 aliphatic carbocycles. The van der Waals surface area contributed by atoms with Crippen LogP contribution in [-0.4, -0.2) is 25.9 Å². The van der Waals surface area contributed by atoms with Gasteiger partial charge in [-0.15, -0.1) is 0 Å². The molecule has 1 N–H and O–H groups in total. The summed E-state index contributed by atoms with van der Waals surface area (Å²) in [7, 11) is 0. The lowest BCUT2D eigenvalue weighted by atomic mass is 10.1. The minimum absolute atomic E-state index is 0.474. The summed E-state index contributed by atoms with van der Waals surface area (Å²) in [6, 6.07) is 0. The first-order valence-electron chi connectivity index (χ1n) is 5.41. The largest absolute Gasteiger partial charge is 0.381 e. The van der Waals surface area contributed by atoms with Crippen LogP contribution in [0.4, 0.5) is 0 Å². The van der Waals surface area contributed by atoms with Crippen molar-refractivity contribution in [1.29, 1.82) is 0 Å². The van der Waals surface area contributed by atoms with E-state index in [2.05, 4.69) is 5.48 Å². The second-order valence-electron chi connectivity index (χ2n) is 4.10. The predicted molar refractivity (Wildman–Crippen MR) is 50.3 cm³/mol. The van der Waals surface area contributed by atoms with Crippen LogP contribution in [-0.2, 0) is 9.57 Å². The minimum atomic E-state index is 0.474. The lowest BCUT2D eigenvalue weighted by molar-refractivity contribution is -0.0270. The van der Waals surface area contributed by atoms with E-state index in [1.807, 2.05) is 0 Å². The fourth-order valence-corrected chi connectivity index (χ4v) is 2.03. The van der Waals surface area contributed by atoms with E-state index in [1.54, 1.807) is 0 Å². The highest BCUT2D eigenvalue weighted by atomic mass is 16.7. The van der Waals surface area contributed by atoms with E-state index in [1.165, 1.54) is 32.1 Å². The van der Waals surface area contributed by atoms with Crippen molar-refractivity contribution in [1.82, 2.24) is 5.48 Å². The molecule has 0 aromatic carbocycles. The average Bonchev–Trinajstić information content (AvgIpc) is 2.75. The van der Waals surface area contributed by atoms with E-state index in [4.69, 9.17) is 9.57 Å². The zero-order chi connectivity index (χ0) is 8.93. The highest BCUT2D eigenvalue weighted by Crippen LogP contribution is 2.20. The number of hydroxylamine groups is 1. The summed E-state index contributed by atoms with van der Waals surface area (Å²) in [5, 5.41) is 0. The number of rotatable bonds is 4. The summed E-state index contributed by atoms with van der Waals surface area (Å²) in [6.45, 7) is 2.79. The highest BCUT2D eigenvalue weighted by Gasteiger charge is 2.18. The molecule has 1 atom stereocenters. The maximum absolute atomic E-state index is 5.56. The minimum Gasteiger partial charge on any atom is -0.381 e. The lowest BCUT2D eigenvalue weighted by Gasteiger charge is -2.13. The Labute approximate surface area is 79.7 Å². The molecule has 0 aromatic rings. The van der Waals surface area contributed by atoms with E-state index >= 15 is 0 Å². The molecule has 1 saturated carbocycles. The average molecular weight is 185 g/mol. The molecule has 2 rings (SSSR count). The summed E-state index contributed by atoms with van der Waals surface area (Å²) in [5.41, 5.74) is 3.09. The van der Waals surface area contributed by atoms with Crippen molar-refractivity contribution in [2.24, 2.45) is 5.92 Å². The Bertz CT molecular complexity index is 124. The van der Waals surface area contributed by atoms with Crippen LogP contribution in [0.5, 0.6) is 0 Å². The van der Waals surface area contributed by atoms with Crippen molar-refractivity contribution < 1.29 is 9.57 Å². The number of hydrogen-bond donors (Lipinski definition) is 1. The molecule has 13 heavy (non-hydrogen) atoms. The third-order valence-electron chi connectivity index (χ3n) is 2.95. The maximum atomic E-state index is 5.56. The zero-order valence-electron chi connectivity index (χ0n) is 8.13. The molecular weight excluding hydrogens is 166 g/mol. The summed E-state index contributed by atoms with van der Waals surface area (Å²) < 4.78 is 5.28. The Hall–Kier alpha value is -0.120. The summed E-state index contributed by atoms with van der Waals surface area (Å²) in [4.78, 5) is 5.56. The third kappa shape index (κ3) is 2.93. The van der Waals surface area contributed by atoms with Gasteiger partial charge in [0.05, 0.1) is 12.7 Å². The Morgan fingerprint density at radius 2 is 2.08 bits per heavy atom. The van der Waals surface area contributed by atoms with Crippen LogP contribution in [0.3, 0.4) is 0 Å². The fraction of sp³-hybridized carbons (Fsp3) is 1.00. The maximum Gasteiger partial charge on any atom is 0.0790 e. The van der Waals surface area contributed by atoms with Gasteiger partial charge in [0.2, 0.25) is 0 Å². The smallest absolute Gasteiger partial charge is 0.0790 e. The third-order valence-corrected chi connectivity index (χ3v) is 2.95. The van der Waals surface area contributed by atoms with E-state index in [0.717, 1.165) is 19.8 Å². The van der Waals surface area contributed by atoms with Crippen molar-refractivity contribution in [3.05, 3.63) is 0 Å². The second kappa shape index (κ2) is 4.94. The van der Waals surface area contributed by atoms with E-state index in [9.17, 15) is 0 Å². The monoisotopic (exact) mass is 185 g/mol. The molecule has 0 aromatic heterocycles. The highest BCUT2D eigenvalue weighted by molar-refractivity contribution is 4.67. The van der Waals surface area contributed by atoms with Crippen molar-refractivity contribution in [2.75, 3.05) is 19.8 Å². The van der Waals surface area contributed by atoms with Gasteiger partial charge in [0.15, 0.2) is 0 Å². The van der Waals surface area contributed by atoms with Gasteiger partial charge in [0.25, 0.3) is 0 Å². The summed E-state index contributed by atoms with van der Waals surface area (Å²) in [6.07, 6.45) is 6.78. The Morgan fingerprint density at radius 1 is 1.23 bits per heavy atom. The molecule has 1 saturated heterocycles. The first kappa shape index (κ1) is 9.44. The molecule has 1 aliphatic heterocycles. The fourth-order valence-electron chi connectivity index (χ4n) is 2.03. The lowest BCUT2D eigenvalue weighted by Crippen LogP contribution is -2.27. The summed E-state index contributed by atoms with van der Waals surface area (Å²) >= 11 is 0. The van der Waals surface area contributed by atoms with Crippen molar-refractivity contribution >= 4 is 0 Å². The van der Waals surface area contributed by atoms with Crippen LogP contribution in [0.25, 0.3) is 0 Å². The van der Waals surface area contributed by atoms with Crippen LogP contribution < -0.4 is 5.48 Å². The first-order valence-corrected chi connectivity index (χ1v) is 5.41. The van der Waals surface area contributed by atoms with E-state index < -0.39 is 0 Å².